The molecule has 0 aliphatic heterocycles. The Bertz CT molecular complexity index is 1320. The molecule has 0 bridgehead atoms. The third kappa shape index (κ3) is 3.25. The molecule has 2 aromatic heterocycles. The van der Waals surface area contributed by atoms with Crippen LogP contribution in [-0.2, 0) is 12.3 Å². The number of fused-ring (bicyclic) bond motifs is 2. The van der Waals surface area contributed by atoms with Crippen molar-refractivity contribution in [1.29, 1.82) is 0 Å². The van der Waals surface area contributed by atoms with Crippen molar-refractivity contribution in [2.75, 3.05) is 0 Å². The van der Waals surface area contributed by atoms with Crippen LogP contribution in [0, 0.1) is 6.92 Å². The number of aromatic amines is 1. The summed E-state index contributed by atoms with van der Waals surface area (Å²) in [5.41, 5.74) is 2.01. The van der Waals surface area contributed by atoms with E-state index in [9.17, 15) is 9.59 Å². The molecule has 6 nitrogen and oxygen atoms in total. The van der Waals surface area contributed by atoms with Gasteiger partial charge in [0.2, 0.25) is 0 Å². The normalized spacial score (nSPS) is 11.2. The smallest absolute Gasteiger partial charge is 0.262 e. The van der Waals surface area contributed by atoms with Gasteiger partial charge >= 0.3 is 0 Å². The molecule has 0 saturated carbocycles. The van der Waals surface area contributed by atoms with E-state index in [-0.39, 0.29) is 11.1 Å². The molecule has 2 heterocycles. The maximum Gasteiger partial charge on any atom is 0.262 e. The van der Waals surface area contributed by atoms with Crippen molar-refractivity contribution in [3.05, 3.63) is 87.2 Å². The highest BCUT2D eigenvalue weighted by molar-refractivity contribution is 7.98. The van der Waals surface area contributed by atoms with Gasteiger partial charge in [-0.15, -0.1) is 6.58 Å². The van der Waals surface area contributed by atoms with Crippen molar-refractivity contribution in [3.63, 3.8) is 0 Å². The Morgan fingerprint density at radius 3 is 2.71 bits per heavy atom. The molecule has 140 valence electrons. The standard InChI is InChI=1S/C21H18N4O2S/c1-3-11-25-20(27)14-8-4-5-10-16(14)22-21(25)28-12-17-23-18-13(2)7-6-9-15(18)19(26)24-17/h3-10H,1,11-12H2,2H3,(H,23,24,26). The Hall–Kier alpha value is -3.19. The molecular formula is C21H18N4O2S. The molecule has 2 aromatic carbocycles. The van der Waals surface area contributed by atoms with Crippen molar-refractivity contribution < 1.29 is 0 Å². The van der Waals surface area contributed by atoms with E-state index in [0.717, 1.165) is 5.56 Å². The van der Waals surface area contributed by atoms with Crippen molar-refractivity contribution in [2.45, 2.75) is 24.4 Å². The maximum atomic E-state index is 12.8. The van der Waals surface area contributed by atoms with Crippen LogP contribution in [0.5, 0.6) is 0 Å². The van der Waals surface area contributed by atoms with E-state index in [1.54, 1.807) is 22.8 Å². The summed E-state index contributed by atoms with van der Waals surface area (Å²) in [5, 5.41) is 1.71. The molecule has 7 heteroatoms. The average molecular weight is 390 g/mol. The molecular weight excluding hydrogens is 372 g/mol. The number of hydrogen-bond acceptors (Lipinski definition) is 5. The third-order valence-corrected chi connectivity index (χ3v) is 5.45. The average Bonchev–Trinajstić information content (AvgIpc) is 2.70. The van der Waals surface area contributed by atoms with Crippen LogP contribution in [0.2, 0.25) is 0 Å². The fourth-order valence-electron chi connectivity index (χ4n) is 3.10. The minimum absolute atomic E-state index is 0.108. The summed E-state index contributed by atoms with van der Waals surface area (Å²) in [6.07, 6.45) is 1.67. The quantitative estimate of drug-likeness (QED) is 0.321. The topological polar surface area (TPSA) is 80.6 Å². The number of hydrogen-bond donors (Lipinski definition) is 1. The van der Waals surface area contributed by atoms with E-state index >= 15 is 0 Å². The van der Waals surface area contributed by atoms with Crippen LogP contribution in [0.15, 0.2) is 69.9 Å². The monoisotopic (exact) mass is 390 g/mol. The summed E-state index contributed by atoms with van der Waals surface area (Å²) in [4.78, 5) is 37.2. The molecule has 0 unspecified atom stereocenters. The molecule has 0 radical (unpaired) electrons. The van der Waals surface area contributed by atoms with Gasteiger partial charge in [0.05, 0.1) is 27.6 Å². The maximum absolute atomic E-state index is 12.8. The first kappa shape index (κ1) is 18.2. The summed E-state index contributed by atoms with van der Waals surface area (Å²) in [6.45, 7) is 6.03. The lowest BCUT2D eigenvalue weighted by atomic mass is 10.1. The van der Waals surface area contributed by atoms with Gasteiger partial charge in [-0.25, -0.2) is 9.97 Å². The number of allylic oxidation sites excluding steroid dienone is 1. The van der Waals surface area contributed by atoms with Gasteiger partial charge in [0, 0.05) is 6.54 Å². The Morgan fingerprint density at radius 2 is 1.89 bits per heavy atom. The minimum Gasteiger partial charge on any atom is -0.309 e. The van der Waals surface area contributed by atoms with Crippen LogP contribution in [0.25, 0.3) is 21.8 Å². The minimum atomic E-state index is -0.167. The number of nitrogens with zero attached hydrogens (tertiary/aromatic N) is 3. The number of aryl methyl sites for hydroxylation is 1. The van der Waals surface area contributed by atoms with E-state index in [2.05, 4.69) is 21.5 Å². The second-order valence-corrected chi connectivity index (χ2v) is 7.33. The largest absolute Gasteiger partial charge is 0.309 e. The molecule has 0 atom stereocenters. The number of rotatable bonds is 5. The van der Waals surface area contributed by atoms with Gasteiger partial charge in [0.25, 0.3) is 11.1 Å². The molecule has 0 aliphatic rings. The molecule has 4 rings (SSSR count). The molecule has 4 aromatic rings. The van der Waals surface area contributed by atoms with Gasteiger partial charge < -0.3 is 4.98 Å². The summed E-state index contributed by atoms with van der Waals surface area (Å²) >= 11 is 1.36. The fraction of sp³-hybridized carbons (Fsp3) is 0.143. The lowest BCUT2D eigenvalue weighted by molar-refractivity contribution is 0.671. The van der Waals surface area contributed by atoms with E-state index in [4.69, 9.17) is 0 Å². The summed E-state index contributed by atoms with van der Waals surface area (Å²) in [5.74, 6) is 0.936. The van der Waals surface area contributed by atoms with Crippen molar-refractivity contribution in [2.24, 2.45) is 0 Å². The highest BCUT2D eigenvalue weighted by atomic mass is 32.2. The number of thioether (sulfide) groups is 1. The first-order chi connectivity index (χ1) is 13.6. The summed E-state index contributed by atoms with van der Waals surface area (Å²) in [6, 6.07) is 12.8. The lowest BCUT2D eigenvalue weighted by Crippen LogP contribution is -2.23. The molecule has 0 aliphatic carbocycles. The van der Waals surface area contributed by atoms with Crippen molar-refractivity contribution in [3.8, 4) is 0 Å². The SMILES string of the molecule is C=CCn1c(SCc2nc3c(C)cccc3c(=O)[nH]2)nc2ccccc2c1=O. The highest BCUT2D eigenvalue weighted by Gasteiger charge is 2.12. The molecule has 1 N–H and O–H groups in total. The van der Waals surface area contributed by atoms with E-state index < -0.39 is 0 Å². The molecule has 28 heavy (non-hydrogen) atoms. The zero-order valence-corrected chi connectivity index (χ0v) is 16.1. The number of para-hydroxylation sites is 2. The van der Waals surface area contributed by atoms with Crippen LogP contribution in [0.1, 0.15) is 11.4 Å². The third-order valence-electron chi connectivity index (χ3n) is 4.46. The predicted molar refractivity (Wildman–Crippen MR) is 113 cm³/mol. The van der Waals surface area contributed by atoms with Crippen LogP contribution in [0.4, 0.5) is 0 Å². The van der Waals surface area contributed by atoms with Gasteiger partial charge in [-0.2, -0.15) is 0 Å². The molecule has 0 amide bonds. The van der Waals surface area contributed by atoms with E-state index in [1.807, 2.05) is 37.3 Å². The first-order valence-electron chi connectivity index (χ1n) is 8.80. The summed E-state index contributed by atoms with van der Waals surface area (Å²) < 4.78 is 1.59. The van der Waals surface area contributed by atoms with E-state index in [1.165, 1.54) is 11.8 Å². The summed E-state index contributed by atoms with van der Waals surface area (Å²) in [7, 11) is 0. The second-order valence-electron chi connectivity index (χ2n) is 6.39. The molecule has 0 spiro atoms. The van der Waals surface area contributed by atoms with Crippen LogP contribution in [-0.4, -0.2) is 19.5 Å². The van der Waals surface area contributed by atoms with E-state index in [0.29, 0.717) is 45.1 Å². The zero-order valence-electron chi connectivity index (χ0n) is 15.3. The second kappa shape index (κ2) is 7.44. The van der Waals surface area contributed by atoms with Gasteiger partial charge in [0.15, 0.2) is 5.16 Å². The fourth-order valence-corrected chi connectivity index (χ4v) is 3.98. The van der Waals surface area contributed by atoms with Crippen LogP contribution < -0.4 is 11.1 Å². The number of aromatic nitrogens is 4. The highest BCUT2D eigenvalue weighted by Crippen LogP contribution is 2.21. The number of benzene rings is 2. The lowest BCUT2D eigenvalue weighted by Gasteiger charge is -2.11. The van der Waals surface area contributed by atoms with Crippen molar-refractivity contribution in [1.82, 2.24) is 19.5 Å². The van der Waals surface area contributed by atoms with Crippen molar-refractivity contribution >= 4 is 33.6 Å². The number of H-pyrrole nitrogens is 1. The van der Waals surface area contributed by atoms with Gasteiger partial charge in [-0.05, 0) is 30.7 Å². The Kier molecular flexibility index (Phi) is 4.83. The molecule has 0 fully saturated rings. The Balaban J connectivity index is 1.75. The van der Waals surface area contributed by atoms with Gasteiger partial charge in [-0.1, -0.05) is 42.1 Å². The zero-order chi connectivity index (χ0) is 19.7. The van der Waals surface area contributed by atoms with Gasteiger partial charge in [-0.3, -0.25) is 14.2 Å². The Labute approximate surface area is 165 Å². The van der Waals surface area contributed by atoms with Crippen LogP contribution in [0.3, 0.4) is 0 Å². The predicted octanol–water partition coefficient (Wildman–Crippen LogP) is 3.42. The number of nitrogens with one attached hydrogen (secondary N) is 1. The van der Waals surface area contributed by atoms with Gasteiger partial charge in [0.1, 0.15) is 5.82 Å². The Morgan fingerprint density at radius 1 is 1.11 bits per heavy atom. The van der Waals surface area contributed by atoms with Crippen LogP contribution >= 0.6 is 11.8 Å². The first-order valence-corrected chi connectivity index (χ1v) is 9.79. The molecule has 0 saturated heterocycles.